The number of sulfone groups is 1. The first kappa shape index (κ1) is 18.7. The molecule has 0 atom stereocenters. The molecule has 0 aliphatic heterocycles. The smallest absolute Gasteiger partial charge is 0.213 e. The largest absolute Gasteiger partial charge is 0.384 e. The normalized spacial score (nSPS) is 12.2. The molecular formula is C17H21N5O2S2. The van der Waals surface area contributed by atoms with Gasteiger partial charge in [-0.2, -0.15) is 9.61 Å². The number of benzene rings is 1. The third-order valence-electron chi connectivity index (χ3n) is 3.93. The third-order valence-corrected chi connectivity index (χ3v) is 6.54. The van der Waals surface area contributed by atoms with Gasteiger partial charge in [-0.3, -0.25) is 0 Å². The molecule has 0 saturated carbocycles. The highest BCUT2D eigenvalue weighted by atomic mass is 32.2. The maximum absolute atomic E-state index is 13.2. The van der Waals surface area contributed by atoms with Crippen LogP contribution in [0.15, 0.2) is 51.2 Å². The summed E-state index contributed by atoms with van der Waals surface area (Å²) in [7, 11) is 0.178. The minimum Gasteiger partial charge on any atom is -0.384 e. The minimum atomic E-state index is -3.76. The second-order valence-corrected chi connectivity index (χ2v) is 8.80. The number of aromatic nitrogens is 3. The number of anilines is 1. The molecule has 0 unspecified atom stereocenters. The van der Waals surface area contributed by atoms with E-state index in [1.807, 2.05) is 19.0 Å². The Hall–Kier alpha value is -2.10. The Labute approximate surface area is 157 Å². The summed E-state index contributed by atoms with van der Waals surface area (Å²) in [5.41, 5.74) is 7.13. The molecule has 26 heavy (non-hydrogen) atoms. The van der Waals surface area contributed by atoms with Crippen LogP contribution in [0.1, 0.15) is 5.69 Å². The van der Waals surface area contributed by atoms with Crippen LogP contribution in [-0.4, -0.2) is 54.8 Å². The highest BCUT2D eigenvalue weighted by Crippen LogP contribution is 2.33. The molecule has 2 heterocycles. The maximum atomic E-state index is 13.2. The quantitative estimate of drug-likeness (QED) is 0.642. The van der Waals surface area contributed by atoms with Gasteiger partial charge in [-0.1, -0.05) is 18.2 Å². The predicted molar refractivity (Wildman–Crippen MR) is 103 cm³/mol. The molecule has 2 aromatic heterocycles. The molecule has 0 aliphatic carbocycles. The molecule has 138 valence electrons. The van der Waals surface area contributed by atoms with Crippen LogP contribution in [0.2, 0.25) is 0 Å². The fourth-order valence-corrected chi connectivity index (χ4v) is 5.02. The predicted octanol–water partition coefficient (Wildman–Crippen LogP) is 1.97. The van der Waals surface area contributed by atoms with E-state index in [0.29, 0.717) is 17.3 Å². The van der Waals surface area contributed by atoms with Crippen molar-refractivity contribution in [2.24, 2.45) is 0 Å². The zero-order valence-corrected chi connectivity index (χ0v) is 16.5. The molecule has 0 bridgehead atoms. The van der Waals surface area contributed by atoms with Crippen LogP contribution in [0.4, 0.5) is 5.82 Å². The van der Waals surface area contributed by atoms with Crippen molar-refractivity contribution in [2.45, 2.75) is 21.2 Å². The maximum Gasteiger partial charge on any atom is 0.213 e. The Bertz CT molecular complexity index is 1030. The van der Waals surface area contributed by atoms with E-state index in [4.69, 9.17) is 5.73 Å². The van der Waals surface area contributed by atoms with Gasteiger partial charge in [0.2, 0.25) is 9.84 Å². The lowest BCUT2D eigenvalue weighted by Crippen LogP contribution is -2.16. The van der Waals surface area contributed by atoms with E-state index in [-0.39, 0.29) is 15.4 Å². The summed E-state index contributed by atoms with van der Waals surface area (Å²) >= 11 is 1.26. The fourth-order valence-electron chi connectivity index (χ4n) is 2.61. The molecule has 3 aromatic rings. The number of likely N-dealkylation sites (N-methyl/N-ethyl adjacent to an activating group) is 1. The first-order valence-corrected chi connectivity index (χ1v) is 10.7. The lowest BCUT2D eigenvalue weighted by molar-refractivity contribution is 0.412. The second-order valence-electron chi connectivity index (χ2n) is 6.12. The highest BCUT2D eigenvalue weighted by Gasteiger charge is 2.29. The fraction of sp³-hybridized carbons (Fsp3) is 0.294. The van der Waals surface area contributed by atoms with Crippen LogP contribution in [-0.2, 0) is 16.3 Å². The second kappa shape index (κ2) is 7.26. The molecule has 2 N–H and O–H groups in total. The summed E-state index contributed by atoms with van der Waals surface area (Å²) in [4.78, 5) is 6.92. The molecule has 0 saturated heterocycles. The molecule has 3 rings (SSSR count). The van der Waals surface area contributed by atoms with Gasteiger partial charge in [0.1, 0.15) is 10.8 Å². The summed E-state index contributed by atoms with van der Waals surface area (Å²) < 4.78 is 27.8. The Morgan fingerprint density at radius 3 is 2.54 bits per heavy atom. The SMILES string of the molecule is CSc1nn2c(N)cc(CCN(C)C)nc2c1S(=O)(=O)c1ccccc1. The van der Waals surface area contributed by atoms with E-state index in [2.05, 4.69) is 10.1 Å². The standard InChI is InChI=1S/C17H21N5O2S2/c1-21(2)10-9-12-11-14(18)22-16(19-12)15(17(20-22)25-3)26(23,24)13-7-5-4-6-8-13/h4-8,11H,9-10,18H2,1-3H3. The number of nitrogens with zero attached hydrogens (tertiary/aromatic N) is 4. The summed E-state index contributed by atoms with van der Waals surface area (Å²) in [6, 6.07) is 10.1. The van der Waals surface area contributed by atoms with Gasteiger partial charge < -0.3 is 10.6 Å². The topological polar surface area (TPSA) is 93.6 Å². The molecule has 7 nitrogen and oxygen atoms in total. The van der Waals surface area contributed by atoms with Crippen LogP contribution in [0.25, 0.3) is 5.65 Å². The van der Waals surface area contributed by atoms with Gasteiger partial charge in [-0.05, 0) is 32.5 Å². The molecule has 1 aromatic carbocycles. The first-order valence-electron chi connectivity index (χ1n) is 8.01. The lowest BCUT2D eigenvalue weighted by atomic mass is 10.3. The monoisotopic (exact) mass is 391 g/mol. The van der Waals surface area contributed by atoms with E-state index >= 15 is 0 Å². The number of nitrogens with two attached hydrogens (primary N) is 1. The van der Waals surface area contributed by atoms with Crippen molar-refractivity contribution in [1.82, 2.24) is 19.5 Å². The van der Waals surface area contributed by atoms with Gasteiger partial charge in [-0.15, -0.1) is 11.8 Å². The van der Waals surface area contributed by atoms with Crippen molar-refractivity contribution in [1.29, 1.82) is 0 Å². The van der Waals surface area contributed by atoms with E-state index in [1.54, 1.807) is 42.7 Å². The molecule has 0 fully saturated rings. The summed E-state index contributed by atoms with van der Waals surface area (Å²) in [5, 5.41) is 4.75. The van der Waals surface area contributed by atoms with Gasteiger partial charge in [0.15, 0.2) is 10.5 Å². The van der Waals surface area contributed by atoms with Crippen molar-refractivity contribution in [3.63, 3.8) is 0 Å². The molecule has 0 amide bonds. The number of hydrogen-bond acceptors (Lipinski definition) is 7. The van der Waals surface area contributed by atoms with E-state index in [1.165, 1.54) is 16.3 Å². The molecule has 0 aliphatic rings. The van der Waals surface area contributed by atoms with Crippen LogP contribution >= 0.6 is 11.8 Å². The number of hydrogen-bond donors (Lipinski definition) is 1. The number of nitrogen functional groups attached to an aromatic ring is 1. The van der Waals surface area contributed by atoms with Gasteiger partial charge in [0, 0.05) is 24.7 Å². The average molecular weight is 392 g/mol. The summed E-state index contributed by atoms with van der Waals surface area (Å²) in [6.07, 6.45) is 2.45. The van der Waals surface area contributed by atoms with Crippen LogP contribution in [0.5, 0.6) is 0 Å². The van der Waals surface area contributed by atoms with Crippen molar-refractivity contribution < 1.29 is 8.42 Å². The highest BCUT2D eigenvalue weighted by molar-refractivity contribution is 7.99. The third kappa shape index (κ3) is 3.42. The van der Waals surface area contributed by atoms with Crippen molar-refractivity contribution >= 4 is 33.1 Å². The van der Waals surface area contributed by atoms with Crippen molar-refractivity contribution in [2.75, 3.05) is 32.6 Å². The Balaban J connectivity index is 2.23. The average Bonchev–Trinajstić information content (AvgIpc) is 3.00. The Morgan fingerprint density at radius 1 is 1.23 bits per heavy atom. The lowest BCUT2D eigenvalue weighted by Gasteiger charge is -2.10. The number of thioether (sulfide) groups is 1. The van der Waals surface area contributed by atoms with Crippen LogP contribution in [0, 0.1) is 0 Å². The van der Waals surface area contributed by atoms with Crippen molar-refractivity contribution in [3.8, 4) is 0 Å². The Kier molecular flexibility index (Phi) is 5.22. The zero-order chi connectivity index (χ0) is 18.9. The first-order chi connectivity index (χ1) is 12.3. The van der Waals surface area contributed by atoms with E-state index in [9.17, 15) is 8.42 Å². The summed E-state index contributed by atoms with van der Waals surface area (Å²) in [6.45, 7) is 0.785. The Morgan fingerprint density at radius 2 is 1.92 bits per heavy atom. The van der Waals surface area contributed by atoms with Gasteiger partial charge in [0.25, 0.3) is 0 Å². The number of rotatable bonds is 6. The minimum absolute atomic E-state index is 0.106. The van der Waals surface area contributed by atoms with Crippen LogP contribution < -0.4 is 5.73 Å². The van der Waals surface area contributed by atoms with Gasteiger partial charge in [-0.25, -0.2) is 13.4 Å². The van der Waals surface area contributed by atoms with Gasteiger partial charge >= 0.3 is 0 Å². The zero-order valence-electron chi connectivity index (χ0n) is 14.9. The molecule has 9 heteroatoms. The van der Waals surface area contributed by atoms with Gasteiger partial charge in [0.05, 0.1) is 4.90 Å². The van der Waals surface area contributed by atoms with Crippen LogP contribution in [0.3, 0.4) is 0 Å². The number of fused-ring (bicyclic) bond motifs is 1. The molecule has 0 radical (unpaired) electrons. The molecule has 0 spiro atoms. The molecular weight excluding hydrogens is 370 g/mol. The summed E-state index contributed by atoms with van der Waals surface area (Å²) in [5.74, 6) is 0.369. The van der Waals surface area contributed by atoms with Crippen molar-refractivity contribution in [3.05, 3.63) is 42.1 Å². The van der Waals surface area contributed by atoms with E-state index < -0.39 is 9.84 Å². The van der Waals surface area contributed by atoms with E-state index in [0.717, 1.165) is 12.2 Å².